The van der Waals surface area contributed by atoms with Gasteiger partial charge < -0.3 is 24.4 Å². The maximum absolute atomic E-state index is 14.5. The number of ether oxygens (including phenoxy) is 3. The van der Waals surface area contributed by atoms with Gasteiger partial charge in [-0.1, -0.05) is 6.92 Å². The van der Waals surface area contributed by atoms with Gasteiger partial charge in [-0.05, 0) is 19.4 Å². The van der Waals surface area contributed by atoms with E-state index in [0.717, 1.165) is 38.5 Å². The molecule has 37 heavy (non-hydrogen) atoms. The van der Waals surface area contributed by atoms with Crippen LogP contribution in [-0.4, -0.2) is 63.4 Å². The van der Waals surface area contributed by atoms with Crippen LogP contribution in [0.15, 0.2) is 24.7 Å². The second kappa shape index (κ2) is 11.3. The minimum atomic E-state index is -0.914. The van der Waals surface area contributed by atoms with E-state index in [9.17, 15) is 18.9 Å². The molecule has 0 bridgehead atoms. The Bertz CT molecular complexity index is 1220. The molecule has 1 saturated heterocycles. The van der Waals surface area contributed by atoms with E-state index < -0.39 is 23.2 Å². The number of hydrogen-bond donors (Lipinski definition) is 1. The molecule has 0 radical (unpaired) electrons. The van der Waals surface area contributed by atoms with E-state index in [4.69, 9.17) is 14.2 Å². The fourth-order valence-corrected chi connectivity index (χ4v) is 4.07. The van der Waals surface area contributed by atoms with Crippen molar-refractivity contribution in [2.75, 3.05) is 39.2 Å². The lowest BCUT2D eigenvalue weighted by Gasteiger charge is -2.30. The standard InChI is InChI=1S/C23H27F2N7O5/c1-4-30-7-5-14(6-8-30)31-12-17(32(33)34)22(29-31)28-23-26-10-15(11-27-23)37-13-16-20(24)18(35-2)9-19(36-3)21(16)25/h9-12,14H,4-8,13H2,1-3H3,(H,26,27,28,29). The van der Waals surface area contributed by atoms with Crippen molar-refractivity contribution in [1.82, 2.24) is 24.6 Å². The summed E-state index contributed by atoms with van der Waals surface area (Å²) in [7, 11) is 2.50. The van der Waals surface area contributed by atoms with E-state index in [1.807, 2.05) is 0 Å². The van der Waals surface area contributed by atoms with Crippen LogP contribution in [0.3, 0.4) is 0 Å². The number of nitrogens with one attached hydrogen (secondary N) is 1. The Morgan fingerprint density at radius 2 is 1.76 bits per heavy atom. The van der Waals surface area contributed by atoms with E-state index in [2.05, 4.69) is 32.2 Å². The molecule has 1 fully saturated rings. The summed E-state index contributed by atoms with van der Waals surface area (Å²) in [4.78, 5) is 21.5. The summed E-state index contributed by atoms with van der Waals surface area (Å²) in [6, 6.07) is 1.16. The molecule has 12 nitrogen and oxygen atoms in total. The highest BCUT2D eigenvalue weighted by molar-refractivity contribution is 5.60. The lowest BCUT2D eigenvalue weighted by atomic mass is 10.1. The molecule has 198 valence electrons. The lowest BCUT2D eigenvalue weighted by Crippen LogP contribution is -2.34. The van der Waals surface area contributed by atoms with Gasteiger partial charge in [0.2, 0.25) is 11.8 Å². The summed E-state index contributed by atoms with van der Waals surface area (Å²) >= 11 is 0. The van der Waals surface area contributed by atoms with Gasteiger partial charge in [0.05, 0.1) is 43.1 Å². The maximum Gasteiger partial charge on any atom is 0.331 e. The molecule has 1 aliphatic heterocycles. The van der Waals surface area contributed by atoms with E-state index in [1.165, 1.54) is 32.8 Å². The van der Waals surface area contributed by atoms with Crippen molar-refractivity contribution in [2.24, 2.45) is 0 Å². The van der Waals surface area contributed by atoms with E-state index in [1.54, 1.807) is 4.68 Å². The summed E-state index contributed by atoms with van der Waals surface area (Å²) < 4.78 is 46.0. The lowest BCUT2D eigenvalue weighted by molar-refractivity contribution is -0.384. The minimum absolute atomic E-state index is 0.0178. The van der Waals surface area contributed by atoms with Gasteiger partial charge in [0, 0.05) is 19.2 Å². The van der Waals surface area contributed by atoms with Crippen LogP contribution in [0.5, 0.6) is 17.2 Å². The average Bonchev–Trinajstić information content (AvgIpc) is 3.34. The normalized spacial score (nSPS) is 14.4. The maximum atomic E-state index is 14.5. The molecule has 0 atom stereocenters. The van der Waals surface area contributed by atoms with Crippen molar-refractivity contribution in [3.8, 4) is 17.2 Å². The number of piperidine rings is 1. The molecule has 0 amide bonds. The van der Waals surface area contributed by atoms with Crippen molar-refractivity contribution >= 4 is 17.5 Å². The number of anilines is 2. The van der Waals surface area contributed by atoms with Gasteiger partial charge in [-0.3, -0.25) is 14.8 Å². The van der Waals surface area contributed by atoms with Crippen LogP contribution in [0.1, 0.15) is 31.4 Å². The largest absolute Gasteiger partial charge is 0.494 e. The van der Waals surface area contributed by atoms with Crippen molar-refractivity contribution in [3.63, 3.8) is 0 Å². The number of hydrogen-bond acceptors (Lipinski definition) is 10. The number of methoxy groups -OCH3 is 2. The number of rotatable bonds is 10. The first-order chi connectivity index (χ1) is 17.8. The Kier molecular flexibility index (Phi) is 7.96. The highest BCUT2D eigenvalue weighted by Gasteiger charge is 2.26. The summed E-state index contributed by atoms with van der Waals surface area (Å²) in [5.41, 5.74) is -0.580. The Balaban J connectivity index is 1.45. The summed E-state index contributed by atoms with van der Waals surface area (Å²) in [6.07, 6.45) is 5.64. The van der Waals surface area contributed by atoms with Gasteiger partial charge in [-0.15, -0.1) is 5.10 Å². The van der Waals surface area contributed by atoms with Crippen LogP contribution in [0.25, 0.3) is 0 Å². The molecular weight excluding hydrogens is 492 g/mol. The van der Waals surface area contributed by atoms with Crippen LogP contribution in [0.4, 0.5) is 26.2 Å². The van der Waals surface area contributed by atoms with Crippen LogP contribution >= 0.6 is 0 Å². The van der Waals surface area contributed by atoms with Gasteiger partial charge in [0.25, 0.3) is 0 Å². The second-order valence-electron chi connectivity index (χ2n) is 8.31. The Labute approximate surface area is 211 Å². The molecule has 1 aliphatic rings. The minimum Gasteiger partial charge on any atom is -0.494 e. The monoisotopic (exact) mass is 519 g/mol. The predicted molar refractivity (Wildman–Crippen MR) is 128 cm³/mol. The molecule has 0 aliphatic carbocycles. The molecule has 14 heteroatoms. The average molecular weight is 520 g/mol. The number of benzene rings is 1. The summed E-state index contributed by atoms with van der Waals surface area (Å²) in [6.45, 7) is 4.39. The fraction of sp³-hybridized carbons (Fsp3) is 0.435. The molecular formula is C23H27F2N7O5. The van der Waals surface area contributed by atoms with Crippen molar-refractivity contribution < 1.29 is 27.9 Å². The molecule has 3 aromatic rings. The number of aromatic nitrogens is 4. The first-order valence-corrected chi connectivity index (χ1v) is 11.6. The molecule has 1 aromatic carbocycles. The van der Waals surface area contributed by atoms with Crippen molar-refractivity contribution in [1.29, 1.82) is 0 Å². The Hall–Kier alpha value is -4.07. The molecule has 0 saturated carbocycles. The zero-order chi connectivity index (χ0) is 26.5. The zero-order valence-electron chi connectivity index (χ0n) is 20.6. The predicted octanol–water partition coefficient (Wildman–Crippen LogP) is 3.86. The number of likely N-dealkylation sites (tertiary alicyclic amines) is 1. The highest BCUT2D eigenvalue weighted by atomic mass is 19.1. The van der Waals surface area contributed by atoms with Crippen LogP contribution < -0.4 is 19.5 Å². The molecule has 0 spiro atoms. The third-order valence-electron chi connectivity index (χ3n) is 6.19. The van der Waals surface area contributed by atoms with Crippen LogP contribution in [-0.2, 0) is 6.61 Å². The summed E-state index contributed by atoms with van der Waals surface area (Å²) in [5.74, 6) is -2.03. The molecule has 2 aromatic heterocycles. The van der Waals surface area contributed by atoms with Crippen molar-refractivity contribution in [2.45, 2.75) is 32.4 Å². The number of halogens is 2. The van der Waals surface area contributed by atoms with Crippen LogP contribution in [0.2, 0.25) is 0 Å². The van der Waals surface area contributed by atoms with E-state index in [-0.39, 0.29) is 46.3 Å². The molecule has 1 N–H and O–H groups in total. The van der Waals surface area contributed by atoms with Gasteiger partial charge in [0.1, 0.15) is 12.8 Å². The highest BCUT2D eigenvalue weighted by Crippen LogP contribution is 2.32. The fourth-order valence-electron chi connectivity index (χ4n) is 4.07. The Morgan fingerprint density at radius 3 is 2.30 bits per heavy atom. The third-order valence-corrected chi connectivity index (χ3v) is 6.19. The third kappa shape index (κ3) is 5.69. The smallest absolute Gasteiger partial charge is 0.331 e. The quantitative estimate of drug-likeness (QED) is 0.311. The van der Waals surface area contributed by atoms with E-state index >= 15 is 0 Å². The Morgan fingerprint density at radius 1 is 1.14 bits per heavy atom. The molecule has 3 heterocycles. The first kappa shape index (κ1) is 26.0. The molecule has 4 rings (SSSR count). The zero-order valence-corrected chi connectivity index (χ0v) is 20.6. The van der Waals surface area contributed by atoms with Gasteiger partial charge in [-0.25, -0.2) is 18.7 Å². The second-order valence-corrected chi connectivity index (χ2v) is 8.31. The van der Waals surface area contributed by atoms with Gasteiger partial charge in [-0.2, -0.15) is 0 Å². The number of nitrogens with zero attached hydrogens (tertiary/aromatic N) is 6. The van der Waals surface area contributed by atoms with Crippen LogP contribution in [0, 0.1) is 21.7 Å². The van der Waals surface area contributed by atoms with E-state index in [0.29, 0.717) is 0 Å². The molecule has 0 unspecified atom stereocenters. The first-order valence-electron chi connectivity index (χ1n) is 11.6. The number of nitro groups is 1. The topological polar surface area (TPSA) is 130 Å². The van der Waals surface area contributed by atoms with Gasteiger partial charge in [0.15, 0.2) is 28.9 Å². The SMILES string of the molecule is CCN1CCC(n2cc([N+](=O)[O-])c(Nc3ncc(OCc4c(F)c(OC)cc(OC)c4F)cn3)n2)CC1. The van der Waals surface area contributed by atoms with Gasteiger partial charge >= 0.3 is 5.69 Å². The van der Waals surface area contributed by atoms with Crippen molar-refractivity contribution in [3.05, 3.63) is 52.0 Å². The summed E-state index contributed by atoms with van der Waals surface area (Å²) in [5, 5.41) is 18.7.